The molecule has 33 heavy (non-hydrogen) atoms. The molecule has 6 aromatic rings. The molecule has 4 aromatic carbocycles. The summed E-state index contributed by atoms with van der Waals surface area (Å²) in [5.74, 6) is 0. The fourth-order valence-corrected chi connectivity index (χ4v) is 4.86. The van der Waals surface area contributed by atoms with E-state index in [4.69, 9.17) is 0 Å². The summed E-state index contributed by atoms with van der Waals surface area (Å²) in [6.45, 7) is 12.5. The van der Waals surface area contributed by atoms with Gasteiger partial charge in [0.2, 0.25) is 0 Å². The van der Waals surface area contributed by atoms with Crippen LogP contribution < -0.4 is 0 Å². The Morgan fingerprint density at radius 2 is 0.667 bits per heavy atom. The second-order valence-electron chi connectivity index (χ2n) is 8.51. The fourth-order valence-electron chi connectivity index (χ4n) is 4.86. The summed E-state index contributed by atoms with van der Waals surface area (Å²) in [5, 5.41) is 5.25. The molecular weight excluding hydrogens is 477 g/mol. The van der Waals surface area contributed by atoms with Crippen LogP contribution in [0.2, 0.25) is 0 Å². The molecule has 0 saturated heterocycles. The number of rotatable bonds is 2. The second-order valence-corrected chi connectivity index (χ2v) is 8.51. The zero-order valence-electron chi connectivity index (χ0n) is 19.3. The molecule has 0 amide bonds. The van der Waals surface area contributed by atoms with Crippen LogP contribution in [0, 0.1) is 13.8 Å². The first kappa shape index (κ1) is 23.7. The smallest absolute Gasteiger partial charge is 0.0468 e. The number of nitrogens with zero attached hydrogens (tertiary/aromatic N) is 2. The van der Waals surface area contributed by atoms with Gasteiger partial charge in [-0.3, -0.25) is 0 Å². The van der Waals surface area contributed by atoms with E-state index in [-0.39, 0.29) is 44.8 Å². The maximum absolute atomic E-state index is 4.14. The molecule has 0 unspecified atom stereocenters. The van der Waals surface area contributed by atoms with Gasteiger partial charge in [-0.1, -0.05) is 98.7 Å². The second kappa shape index (κ2) is 9.83. The maximum Gasteiger partial charge on any atom is 0.0468 e. The van der Waals surface area contributed by atoms with E-state index >= 15 is 0 Å². The predicted octanol–water partition coefficient (Wildman–Crippen LogP) is 8.38. The van der Waals surface area contributed by atoms with Gasteiger partial charge in [0.1, 0.15) is 0 Å². The Morgan fingerprint density at radius 3 is 0.879 bits per heavy atom. The summed E-state index contributed by atoms with van der Waals surface area (Å²) in [6.07, 6.45) is 0. The Morgan fingerprint density at radius 1 is 0.455 bits per heavy atom. The summed E-state index contributed by atoms with van der Waals surface area (Å²) in [7, 11) is 0. The van der Waals surface area contributed by atoms with Gasteiger partial charge in [0.25, 0.3) is 0 Å². The van der Waals surface area contributed by atoms with Gasteiger partial charge in [0.05, 0.1) is 0 Å². The molecule has 0 aliphatic rings. The number of benzene rings is 4. The van der Waals surface area contributed by atoms with E-state index in [1.807, 2.05) is 0 Å². The topological polar surface area (TPSA) is 9.86 Å². The predicted molar refractivity (Wildman–Crippen MR) is 139 cm³/mol. The van der Waals surface area contributed by atoms with Gasteiger partial charge >= 0.3 is 0 Å². The van der Waals surface area contributed by atoms with Crippen LogP contribution in [-0.2, 0) is 32.7 Å². The molecule has 2 aromatic heterocycles. The molecule has 0 bridgehead atoms. The standard InChI is InChI=1S/2C15H14N.Y/c2*1-11(2)16-14-9-5-3-7-12(14)13-8-4-6-10-15(13)16;/h2*3-11H,1H2,2H3;/q2*-1;/t2*11-;/m11./s1. The van der Waals surface area contributed by atoms with Gasteiger partial charge in [-0.05, 0) is 24.3 Å². The fraction of sp³-hybridized carbons (Fsp3) is 0.133. The third-order valence-electron chi connectivity index (χ3n) is 6.12. The van der Waals surface area contributed by atoms with Crippen LogP contribution in [0.5, 0.6) is 0 Å². The Labute approximate surface area is 221 Å². The number of hydrogen-bond donors (Lipinski definition) is 0. The van der Waals surface area contributed by atoms with Crippen LogP contribution in [0.15, 0.2) is 97.1 Å². The average Bonchev–Trinajstić information content (AvgIpc) is 3.33. The molecule has 2 nitrogen and oxygen atoms in total. The molecule has 6 rings (SSSR count). The Kier molecular flexibility index (Phi) is 7.07. The van der Waals surface area contributed by atoms with E-state index in [1.165, 1.54) is 43.6 Å². The molecule has 0 aliphatic carbocycles. The van der Waals surface area contributed by atoms with E-state index in [1.54, 1.807) is 0 Å². The first-order valence-electron chi connectivity index (χ1n) is 11.2. The van der Waals surface area contributed by atoms with Crippen LogP contribution in [0.4, 0.5) is 0 Å². The van der Waals surface area contributed by atoms with Crippen molar-refractivity contribution in [1.29, 1.82) is 0 Å². The van der Waals surface area contributed by atoms with Crippen LogP contribution >= 0.6 is 0 Å². The number of hydrogen-bond acceptors (Lipinski definition) is 0. The molecule has 0 saturated carbocycles. The van der Waals surface area contributed by atoms with Crippen molar-refractivity contribution in [3.63, 3.8) is 0 Å². The van der Waals surface area contributed by atoms with Crippen molar-refractivity contribution in [2.24, 2.45) is 0 Å². The van der Waals surface area contributed by atoms with Crippen molar-refractivity contribution in [2.45, 2.75) is 25.9 Å². The van der Waals surface area contributed by atoms with Crippen LogP contribution in [0.25, 0.3) is 43.6 Å². The van der Waals surface area contributed by atoms with E-state index < -0.39 is 0 Å². The van der Waals surface area contributed by atoms with Crippen LogP contribution in [0.3, 0.4) is 0 Å². The maximum atomic E-state index is 4.14. The zero-order chi connectivity index (χ0) is 22.2. The Hall–Kier alpha value is -2.42. The number of fused-ring (bicyclic) bond motifs is 6. The first-order valence-corrected chi connectivity index (χ1v) is 11.2. The van der Waals surface area contributed by atoms with Gasteiger partial charge < -0.3 is 23.0 Å². The molecule has 0 N–H and O–H groups in total. The van der Waals surface area contributed by atoms with Crippen molar-refractivity contribution in [3.8, 4) is 0 Å². The summed E-state index contributed by atoms with van der Waals surface area (Å²) < 4.78 is 4.59. The van der Waals surface area contributed by atoms with Gasteiger partial charge in [-0.2, -0.15) is 0 Å². The average molecular weight is 505 g/mol. The third kappa shape index (κ3) is 4.16. The Balaban J connectivity index is 0.000000152. The minimum absolute atomic E-state index is 0. The summed E-state index contributed by atoms with van der Waals surface area (Å²) >= 11 is 0. The normalized spacial score (nSPS) is 13.0. The summed E-state index contributed by atoms with van der Waals surface area (Å²) in [6, 6.07) is 34.5. The number of para-hydroxylation sites is 4. The molecule has 1 radical (unpaired) electrons. The van der Waals surface area contributed by atoms with Crippen LogP contribution in [-0.4, -0.2) is 9.13 Å². The van der Waals surface area contributed by atoms with Crippen molar-refractivity contribution in [2.75, 3.05) is 0 Å². The van der Waals surface area contributed by atoms with Crippen molar-refractivity contribution in [1.82, 2.24) is 9.13 Å². The SMILES string of the molecule is [CH2-][C@H](C)n1c2ccccc2c2ccccc21.[CH2-][C@H](C)n1c2ccccc2c2ccccc21.[Y]. The molecule has 2 atom stereocenters. The van der Waals surface area contributed by atoms with Crippen molar-refractivity contribution < 1.29 is 32.7 Å². The molecule has 0 fully saturated rings. The molecule has 0 spiro atoms. The van der Waals surface area contributed by atoms with Gasteiger partial charge in [-0.15, -0.1) is 0 Å². The van der Waals surface area contributed by atoms with Crippen molar-refractivity contribution in [3.05, 3.63) is 111 Å². The summed E-state index contributed by atoms with van der Waals surface area (Å²) in [5.41, 5.74) is 5.08. The minimum Gasteiger partial charge on any atom is -0.368 e. The third-order valence-corrected chi connectivity index (χ3v) is 6.12. The Bertz CT molecular complexity index is 1310. The van der Waals surface area contributed by atoms with E-state index in [9.17, 15) is 0 Å². The molecule has 163 valence electrons. The monoisotopic (exact) mass is 505 g/mol. The van der Waals surface area contributed by atoms with E-state index in [0.29, 0.717) is 0 Å². The molecule has 2 heterocycles. The van der Waals surface area contributed by atoms with Crippen molar-refractivity contribution >= 4 is 43.6 Å². The largest absolute Gasteiger partial charge is 0.368 e. The molecule has 0 aliphatic heterocycles. The zero-order valence-corrected chi connectivity index (χ0v) is 22.1. The van der Waals surface area contributed by atoms with Crippen LogP contribution in [0.1, 0.15) is 25.9 Å². The molecular formula is C30H28N2Y-2. The number of aromatic nitrogens is 2. The first-order chi connectivity index (χ1) is 15.6. The van der Waals surface area contributed by atoms with Gasteiger partial charge in [0.15, 0.2) is 0 Å². The summed E-state index contributed by atoms with van der Waals surface area (Å²) in [4.78, 5) is 0. The quantitative estimate of drug-likeness (QED) is 0.209. The van der Waals surface area contributed by atoms with Gasteiger partial charge in [0, 0.05) is 76.3 Å². The van der Waals surface area contributed by atoms with E-state index in [0.717, 1.165) is 0 Å². The van der Waals surface area contributed by atoms with Gasteiger partial charge in [-0.25, -0.2) is 0 Å². The molecule has 3 heteroatoms. The van der Waals surface area contributed by atoms with E-state index in [2.05, 4.69) is 134 Å². The minimum atomic E-state index is 0.